The number of carbonyl (C=O) groups excluding carboxylic acids is 2. The smallest absolute Gasteiger partial charge is 0.223 e. The van der Waals surface area contributed by atoms with E-state index < -0.39 is 0 Å². The van der Waals surface area contributed by atoms with Gasteiger partial charge in [0.2, 0.25) is 11.8 Å². The van der Waals surface area contributed by atoms with Gasteiger partial charge in [0, 0.05) is 51.6 Å². The number of piperazine rings is 1. The molecule has 0 bridgehead atoms. The summed E-state index contributed by atoms with van der Waals surface area (Å²) in [5, 5.41) is 3.14. The number of carbonyl (C=O) groups is 2. The first-order valence-electron chi connectivity index (χ1n) is 12.3. The van der Waals surface area contributed by atoms with E-state index in [-0.39, 0.29) is 30.7 Å². The fourth-order valence-corrected chi connectivity index (χ4v) is 4.75. The average Bonchev–Trinajstić information content (AvgIpc) is 2.88. The molecule has 34 heavy (non-hydrogen) atoms. The molecule has 2 aliphatic rings. The van der Waals surface area contributed by atoms with Crippen molar-refractivity contribution >= 4 is 11.8 Å². The van der Waals surface area contributed by atoms with E-state index in [2.05, 4.69) is 28.4 Å². The molecule has 1 unspecified atom stereocenters. The topological polar surface area (TPSA) is 71.1 Å². The summed E-state index contributed by atoms with van der Waals surface area (Å²) in [4.78, 5) is 29.4. The summed E-state index contributed by atoms with van der Waals surface area (Å²) in [6.07, 6.45) is 3.61. The zero-order chi connectivity index (χ0) is 23.8. The average molecular weight is 466 g/mol. The van der Waals surface area contributed by atoms with Crippen molar-refractivity contribution in [3.63, 3.8) is 0 Å². The minimum atomic E-state index is -0.0385. The molecule has 0 saturated carbocycles. The van der Waals surface area contributed by atoms with Crippen molar-refractivity contribution in [3.05, 3.63) is 59.7 Å². The first kappa shape index (κ1) is 24.1. The van der Waals surface area contributed by atoms with Crippen molar-refractivity contribution in [2.45, 2.75) is 38.1 Å². The van der Waals surface area contributed by atoms with Gasteiger partial charge in [0.25, 0.3) is 0 Å². The molecular formula is C27H35N3O4. The number of benzene rings is 2. The van der Waals surface area contributed by atoms with E-state index >= 15 is 0 Å². The number of aryl methyl sites for hydroxylation is 1. The second kappa shape index (κ2) is 11.9. The Morgan fingerprint density at radius 1 is 1.00 bits per heavy atom. The monoisotopic (exact) mass is 465 g/mol. The number of hydrogen-bond acceptors (Lipinski definition) is 5. The van der Waals surface area contributed by atoms with Crippen molar-refractivity contribution in [2.75, 3.05) is 46.4 Å². The van der Waals surface area contributed by atoms with Gasteiger partial charge in [-0.2, -0.15) is 0 Å². The number of amides is 2. The maximum atomic E-state index is 12.7. The summed E-state index contributed by atoms with van der Waals surface area (Å²) < 4.78 is 11.0. The third kappa shape index (κ3) is 6.50. The van der Waals surface area contributed by atoms with Gasteiger partial charge < -0.3 is 19.7 Å². The predicted molar refractivity (Wildman–Crippen MR) is 131 cm³/mol. The van der Waals surface area contributed by atoms with E-state index in [9.17, 15) is 9.59 Å². The Morgan fingerprint density at radius 3 is 2.62 bits per heavy atom. The summed E-state index contributed by atoms with van der Waals surface area (Å²) in [6, 6.07) is 16.0. The maximum absolute atomic E-state index is 12.7. The predicted octanol–water partition coefficient (Wildman–Crippen LogP) is 3.19. The number of fused-ring (bicyclic) bond motifs is 1. The molecule has 1 N–H and O–H groups in total. The number of ether oxygens (including phenoxy) is 2. The fraction of sp³-hybridized carbons (Fsp3) is 0.481. The second-order valence-corrected chi connectivity index (χ2v) is 8.96. The van der Waals surface area contributed by atoms with Crippen molar-refractivity contribution < 1.29 is 19.1 Å². The van der Waals surface area contributed by atoms with Crippen molar-refractivity contribution in [1.82, 2.24) is 15.1 Å². The highest BCUT2D eigenvalue weighted by atomic mass is 16.5. The van der Waals surface area contributed by atoms with Gasteiger partial charge in [-0.25, -0.2) is 0 Å². The molecule has 1 aliphatic carbocycles. The Balaban J connectivity index is 1.13. The number of nitrogens with zero attached hydrogens (tertiary/aromatic N) is 2. The SMILES string of the molecule is COc1cccc(OCCN2CCN(C(=O)CCC(=O)NC3CCCc4ccccc43)CC2)c1. The summed E-state index contributed by atoms with van der Waals surface area (Å²) in [5.74, 6) is 1.60. The van der Waals surface area contributed by atoms with Crippen LogP contribution in [0.2, 0.25) is 0 Å². The van der Waals surface area contributed by atoms with E-state index in [0.29, 0.717) is 19.7 Å². The van der Waals surface area contributed by atoms with Crippen LogP contribution in [0.1, 0.15) is 42.9 Å². The molecule has 0 aromatic heterocycles. The third-order valence-corrected chi connectivity index (χ3v) is 6.71. The van der Waals surface area contributed by atoms with Gasteiger partial charge >= 0.3 is 0 Å². The molecule has 1 aliphatic heterocycles. The molecule has 2 aromatic carbocycles. The van der Waals surface area contributed by atoms with Crippen molar-refractivity contribution in [1.29, 1.82) is 0 Å². The van der Waals surface area contributed by atoms with E-state index in [4.69, 9.17) is 9.47 Å². The molecule has 182 valence electrons. The molecule has 2 amide bonds. The van der Waals surface area contributed by atoms with Gasteiger partial charge in [-0.1, -0.05) is 30.3 Å². The molecule has 1 fully saturated rings. The Labute approximate surface area is 202 Å². The highest BCUT2D eigenvalue weighted by Gasteiger charge is 2.24. The molecular weight excluding hydrogens is 430 g/mol. The van der Waals surface area contributed by atoms with Crippen LogP contribution in [0.25, 0.3) is 0 Å². The van der Waals surface area contributed by atoms with Gasteiger partial charge in [-0.3, -0.25) is 14.5 Å². The fourth-order valence-electron chi connectivity index (χ4n) is 4.75. The summed E-state index contributed by atoms with van der Waals surface area (Å²) in [5.41, 5.74) is 2.54. The van der Waals surface area contributed by atoms with Crippen LogP contribution in [0.3, 0.4) is 0 Å². The van der Waals surface area contributed by atoms with E-state index in [1.807, 2.05) is 35.2 Å². The van der Waals surface area contributed by atoms with Crippen LogP contribution in [0.15, 0.2) is 48.5 Å². The molecule has 0 spiro atoms. The van der Waals surface area contributed by atoms with Crippen LogP contribution < -0.4 is 14.8 Å². The zero-order valence-electron chi connectivity index (χ0n) is 20.0. The van der Waals surface area contributed by atoms with Gasteiger partial charge in [-0.15, -0.1) is 0 Å². The lowest BCUT2D eigenvalue weighted by molar-refractivity contribution is -0.135. The lowest BCUT2D eigenvalue weighted by Crippen LogP contribution is -2.49. The molecule has 2 aromatic rings. The van der Waals surface area contributed by atoms with Crippen LogP contribution in [0.4, 0.5) is 0 Å². The molecule has 0 radical (unpaired) electrons. The van der Waals surface area contributed by atoms with Crippen LogP contribution in [0.5, 0.6) is 11.5 Å². The Kier molecular flexibility index (Phi) is 8.41. The highest BCUT2D eigenvalue weighted by molar-refractivity contribution is 5.84. The standard InChI is InChI=1S/C27H35N3O4/c1-33-22-8-5-9-23(20-22)34-19-18-29-14-16-30(17-15-29)27(32)13-12-26(31)28-25-11-4-7-21-6-2-3-10-24(21)25/h2-3,5-6,8-10,20,25H,4,7,11-19H2,1H3,(H,28,31). The first-order valence-corrected chi connectivity index (χ1v) is 12.3. The summed E-state index contributed by atoms with van der Waals surface area (Å²) in [7, 11) is 1.64. The number of methoxy groups -OCH3 is 1. The third-order valence-electron chi connectivity index (χ3n) is 6.71. The van der Waals surface area contributed by atoms with E-state index in [1.165, 1.54) is 11.1 Å². The maximum Gasteiger partial charge on any atom is 0.223 e. The number of rotatable bonds is 9. The Morgan fingerprint density at radius 2 is 1.79 bits per heavy atom. The normalized spacial score (nSPS) is 18.1. The van der Waals surface area contributed by atoms with Crippen LogP contribution >= 0.6 is 0 Å². The zero-order valence-corrected chi connectivity index (χ0v) is 20.0. The molecule has 1 heterocycles. The Bertz CT molecular complexity index is 972. The minimum absolute atomic E-state index is 0.0385. The Hall–Kier alpha value is -3.06. The molecule has 7 nitrogen and oxygen atoms in total. The minimum Gasteiger partial charge on any atom is -0.497 e. The summed E-state index contributed by atoms with van der Waals surface area (Å²) in [6.45, 7) is 4.41. The second-order valence-electron chi connectivity index (χ2n) is 8.96. The van der Waals surface area contributed by atoms with Gasteiger partial charge in [0.05, 0.1) is 13.2 Å². The molecule has 7 heteroatoms. The highest BCUT2D eigenvalue weighted by Crippen LogP contribution is 2.29. The van der Waals surface area contributed by atoms with E-state index in [1.54, 1.807) is 7.11 Å². The quantitative estimate of drug-likeness (QED) is 0.616. The summed E-state index contributed by atoms with van der Waals surface area (Å²) >= 11 is 0. The van der Waals surface area contributed by atoms with Crippen molar-refractivity contribution in [2.24, 2.45) is 0 Å². The number of hydrogen-bond donors (Lipinski definition) is 1. The molecule has 1 atom stereocenters. The van der Waals surface area contributed by atoms with Crippen LogP contribution in [0, 0.1) is 0 Å². The lowest BCUT2D eigenvalue weighted by Gasteiger charge is -2.34. The van der Waals surface area contributed by atoms with Crippen LogP contribution in [-0.2, 0) is 16.0 Å². The van der Waals surface area contributed by atoms with Crippen molar-refractivity contribution in [3.8, 4) is 11.5 Å². The van der Waals surface area contributed by atoms with Crippen LogP contribution in [-0.4, -0.2) is 68.1 Å². The molecule has 1 saturated heterocycles. The first-order chi connectivity index (χ1) is 16.6. The van der Waals surface area contributed by atoms with Gasteiger partial charge in [-0.05, 0) is 42.5 Å². The lowest BCUT2D eigenvalue weighted by atomic mass is 9.87. The van der Waals surface area contributed by atoms with Gasteiger partial charge in [0.15, 0.2) is 0 Å². The largest absolute Gasteiger partial charge is 0.497 e. The van der Waals surface area contributed by atoms with Gasteiger partial charge in [0.1, 0.15) is 18.1 Å². The number of nitrogens with one attached hydrogen (secondary N) is 1. The van der Waals surface area contributed by atoms with E-state index in [0.717, 1.165) is 50.4 Å². The molecule has 4 rings (SSSR count).